The lowest BCUT2D eigenvalue weighted by Gasteiger charge is -2.05. The van der Waals surface area contributed by atoms with Gasteiger partial charge in [0, 0.05) is 16.2 Å². The van der Waals surface area contributed by atoms with Crippen molar-refractivity contribution in [3.63, 3.8) is 0 Å². The molecule has 1 aliphatic carbocycles. The Kier molecular flexibility index (Phi) is 5.03. The van der Waals surface area contributed by atoms with Crippen molar-refractivity contribution in [2.75, 3.05) is 11.9 Å². The lowest BCUT2D eigenvalue weighted by atomic mass is 10.1. The van der Waals surface area contributed by atoms with Crippen molar-refractivity contribution in [1.82, 2.24) is 0 Å². The van der Waals surface area contributed by atoms with E-state index in [9.17, 15) is 19.7 Å². The molecule has 1 aliphatic rings. The summed E-state index contributed by atoms with van der Waals surface area (Å²) in [6.45, 7) is 3.90. The van der Waals surface area contributed by atoms with Crippen molar-refractivity contribution < 1.29 is 19.2 Å². The lowest BCUT2D eigenvalue weighted by Crippen LogP contribution is -2.19. The Hall–Kier alpha value is -2.74. The molecular formula is C18H18N2O5S. The van der Waals surface area contributed by atoms with E-state index in [0.717, 1.165) is 16.0 Å². The number of hydrogen-bond donors (Lipinski definition) is 1. The second-order valence-corrected chi connectivity index (χ2v) is 7.18. The molecule has 1 heterocycles. The van der Waals surface area contributed by atoms with E-state index in [1.165, 1.54) is 11.3 Å². The van der Waals surface area contributed by atoms with E-state index in [1.807, 2.05) is 31.2 Å². The van der Waals surface area contributed by atoms with Gasteiger partial charge in [-0.25, -0.2) is 4.79 Å². The smallest absolute Gasteiger partial charge is 0.350 e. The summed E-state index contributed by atoms with van der Waals surface area (Å²) in [7, 11) is 0. The standard InChI is InChI=1S/C18H18N2O5S/c1-3-25-18(22)16-13(19-17(21)12-8-14(12)20(23)24)9-15(26-16)11-6-4-10(2)5-7-11/h4-7,9,12,14H,3,8H2,1-2H3,(H,19,21). The van der Waals surface area contributed by atoms with Crippen molar-refractivity contribution in [3.05, 3.63) is 50.9 Å². The van der Waals surface area contributed by atoms with E-state index in [0.29, 0.717) is 5.69 Å². The molecule has 0 radical (unpaired) electrons. The number of esters is 1. The van der Waals surface area contributed by atoms with Gasteiger partial charge in [-0.1, -0.05) is 29.8 Å². The van der Waals surface area contributed by atoms with E-state index in [4.69, 9.17) is 4.74 Å². The minimum Gasteiger partial charge on any atom is -0.462 e. The van der Waals surface area contributed by atoms with Crippen LogP contribution in [0.25, 0.3) is 10.4 Å². The van der Waals surface area contributed by atoms with Crippen LogP contribution in [0.2, 0.25) is 0 Å². The van der Waals surface area contributed by atoms with Crippen LogP contribution in [0.4, 0.5) is 5.69 Å². The average Bonchev–Trinajstić information content (AvgIpc) is 3.31. The van der Waals surface area contributed by atoms with Crippen LogP contribution >= 0.6 is 11.3 Å². The van der Waals surface area contributed by atoms with Crippen LogP contribution in [0.15, 0.2) is 30.3 Å². The van der Waals surface area contributed by atoms with Crippen LogP contribution < -0.4 is 5.32 Å². The SMILES string of the molecule is CCOC(=O)c1sc(-c2ccc(C)cc2)cc1NC(=O)C1CC1[N+](=O)[O-]. The quantitative estimate of drug-likeness (QED) is 0.474. The predicted octanol–water partition coefficient (Wildman–Crippen LogP) is 3.50. The first-order valence-corrected chi connectivity index (χ1v) is 9.04. The number of rotatable bonds is 6. The number of aryl methyl sites for hydroxylation is 1. The number of nitrogens with one attached hydrogen (secondary N) is 1. The van der Waals surface area contributed by atoms with Crippen LogP contribution in [0.5, 0.6) is 0 Å². The molecule has 1 amide bonds. The fourth-order valence-corrected chi connectivity index (χ4v) is 3.63. The van der Waals surface area contributed by atoms with Gasteiger partial charge in [0.1, 0.15) is 10.8 Å². The molecule has 26 heavy (non-hydrogen) atoms. The predicted molar refractivity (Wildman–Crippen MR) is 98.0 cm³/mol. The molecule has 2 atom stereocenters. The molecule has 1 aromatic carbocycles. The van der Waals surface area contributed by atoms with E-state index in [2.05, 4.69) is 5.32 Å². The number of carbonyl (C=O) groups excluding carboxylic acids is 2. The number of amides is 1. The van der Waals surface area contributed by atoms with Gasteiger partial charge in [-0.2, -0.15) is 0 Å². The van der Waals surface area contributed by atoms with Gasteiger partial charge in [0.25, 0.3) is 0 Å². The van der Waals surface area contributed by atoms with Crippen LogP contribution in [0, 0.1) is 23.0 Å². The maximum atomic E-state index is 12.2. The summed E-state index contributed by atoms with van der Waals surface area (Å²) in [6.07, 6.45) is 0.225. The number of nitro groups is 1. The molecule has 1 aromatic heterocycles. The molecule has 0 bridgehead atoms. The highest BCUT2D eigenvalue weighted by molar-refractivity contribution is 7.18. The molecular weight excluding hydrogens is 356 g/mol. The molecule has 0 saturated heterocycles. The Labute approximate surface area is 154 Å². The summed E-state index contributed by atoms with van der Waals surface area (Å²) in [5.41, 5.74) is 2.37. The highest BCUT2D eigenvalue weighted by Crippen LogP contribution is 2.38. The Morgan fingerprint density at radius 1 is 1.35 bits per heavy atom. The van der Waals surface area contributed by atoms with Crippen LogP contribution in [0.3, 0.4) is 0 Å². The normalized spacial score (nSPS) is 18.2. The maximum Gasteiger partial charge on any atom is 0.350 e. The summed E-state index contributed by atoms with van der Waals surface area (Å²) in [5, 5.41) is 13.4. The highest BCUT2D eigenvalue weighted by Gasteiger charge is 2.53. The van der Waals surface area contributed by atoms with Gasteiger partial charge in [-0.3, -0.25) is 14.9 Å². The van der Waals surface area contributed by atoms with Crippen LogP contribution in [-0.4, -0.2) is 29.4 Å². The minimum absolute atomic E-state index is 0.218. The third-order valence-electron chi connectivity index (χ3n) is 4.15. The summed E-state index contributed by atoms with van der Waals surface area (Å²) < 4.78 is 5.07. The summed E-state index contributed by atoms with van der Waals surface area (Å²) >= 11 is 1.22. The topological polar surface area (TPSA) is 98.5 Å². The number of carbonyl (C=O) groups is 2. The average molecular weight is 374 g/mol. The maximum absolute atomic E-state index is 12.2. The second-order valence-electron chi connectivity index (χ2n) is 6.12. The fourth-order valence-electron chi connectivity index (χ4n) is 2.61. The van der Waals surface area contributed by atoms with E-state index in [-0.39, 0.29) is 17.9 Å². The van der Waals surface area contributed by atoms with Gasteiger partial charge in [-0.15, -0.1) is 11.3 Å². The van der Waals surface area contributed by atoms with Crippen molar-refractivity contribution in [3.8, 4) is 10.4 Å². The van der Waals surface area contributed by atoms with Crippen molar-refractivity contribution in [2.45, 2.75) is 26.3 Å². The first-order chi connectivity index (χ1) is 12.4. The third kappa shape index (κ3) is 3.75. The molecule has 1 saturated carbocycles. The minimum atomic E-state index is -0.837. The van der Waals surface area contributed by atoms with Crippen molar-refractivity contribution in [1.29, 1.82) is 0 Å². The molecule has 0 spiro atoms. The molecule has 136 valence electrons. The molecule has 2 aromatic rings. The lowest BCUT2D eigenvalue weighted by molar-refractivity contribution is -0.497. The van der Waals surface area contributed by atoms with Crippen molar-refractivity contribution in [2.24, 2.45) is 5.92 Å². The van der Waals surface area contributed by atoms with Crippen LogP contribution in [0.1, 0.15) is 28.6 Å². The second kappa shape index (κ2) is 7.25. The number of thiophene rings is 1. The molecule has 8 heteroatoms. The van der Waals surface area contributed by atoms with Gasteiger partial charge >= 0.3 is 5.97 Å². The van der Waals surface area contributed by atoms with E-state index >= 15 is 0 Å². The summed E-state index contributed by atoms with van der Waals surface area (Å²) in [6, 6.07) is 8.67. The molecule has 3 rings (SSSR count). The number of anilines is 1. The zero-order valence-electron chi connectivity index (χ0n) is 14.4. The van der Waals surface area contributed by atoms with E-state index < -0.39 is 28.8 Å². The van der Waals surface area contributed by atoms with Crippen LogP contribution in [-0.2, 0) is 9.53 Å². The highest BCUT2D eigenvalue weighted by atomic mass is 32.1. The van der Waals surface area contributed by atoms with Gasteiger partial charge in [-0.05, 0) is 25.5 Å². The zero-order valence-corrected chi connectivity index (χ0v) is 15.2. The van der Waals surface area contributed by atoms with Gasteiger partial charge in [0.05, 0.1) is 12.3 Å². The molecule has 1 fully saturated rings. The fraction of sp³-hybridized carbons (Fsp3) is 0.333. The van der Waals surface area contributed by atoms with Crippen molar-refractivity contribution >= 4 is 28.9 Å². The first-order valence-electron chi connectivity index (χ1n) is 8.23. The number of ether oxygens (including phenoxy) is 1. The number of nitrogens with zero attached hydrogens (tertiary/aromatic N) is 1. The van der Waals surface area contributed by atoms with E-state index in [1.54, 1.807) is 13.0 Å². The van der Waals surface area contributed by atoms with Gasteiger partial charge in [0.2, 0.25) is 11.9 Å². The Morgan fingerprint density at radius 2 is 2.04 bits per heavy atom. The number of hydrogen-bond acceptors (Lipinski definition) is 6. The van der Waals surface area contributed by atoms with Gasteiger partial charge in [0.15, 0.2) is 0 Å². The Bertz CT molecular complexity index is 859. The molecule has 0 aliphatic heterocycles. The largest absolute Gasteiger partial charge is 0.462 e. The Morgan fingerprint density at radius 3 is 2.62 bits per heavy atom. The summed E-state index contributed by atoms with van der Waals surface area (Å²) in [4.78, 5) is 35.9. The van der Waals surface area contributed by atoms with Gasteiger partial charge < -0.3 is 10.1 Å². The molecule has 1 N–H and O–H groups in total. The molecule has 7 nitrogen and oxygen atoms in total. The first kappa shape index (κ1) is 18.1. The zero-order chi connectivity index (χ0) is 18.8. The summed E-state index contributed by atoms with van der Waals surface area (Å²) in [5.74, 6) is -1.61. The Balaban J connectivity index is 1.87. The molecule has 2 unspecified atom stereocenters. The third-order valence-corrected chi connectivity index (χ3v) is 5.32. The number of benzene rings is 1. The monoisotopic (exact) mass is 374 g/mol.